The highest BCUT2D eigenvalue weighted by Gasteiger charge is 2.28. The molecule has 1 heterocycles. The Kier molecular flexibility index (Phi) is 5.82. The van der Waals surface area contributed by atoms with E-state index in [0.29, 0.717) is 17.9 Å². The fourth-order valence-corrected chi connectivity index (χ4v) is 3.95. The molecule has 1 aromatic rings. The van der Waals surface area contributed by atoms with Crippen molar-refractivity contribution < 1.29 is 22.7 Å². The second kappa shape index (κ2) is 7.65. The van der Waals surface area contributed by atoms with Crippen molar-refractivity contribution in [3.8, 4) is 5.75 Å². The minimum Gasteiger partial charge on any atom is -0.484 e. The summed E-state index contributed by atoms with van der Waals surface area (Å²) in [7, 11) is -3.03. The number of anilines is 1. The van der Waals surface area contributed by atoms with Crippen LogP contribution in [0.4, 0.5) is 5.69 Å². The molecular formula is C16H22N2O5S. The van der Waals surface area contributed by atoms with E-state index in [1.807, 2.05) is 0 Å². The zero-order valence-electron chi connectivity index (χ0n) is 13.7. The number of ether oxygens (including phenoxy) is 1. The number of nitrogens with one attached hydrogen (secondary N) is 2. The molecule has 132 valence electrons. The topological polar surface area (TPSA) is 102 Å². The molecule has 1 aromatic carbocycles. The molecule has 2 N–H and O–H groups in total. The molecule has 8 heteroatoms. The SMILES string of the molecule is CC(C)C(=O)Nc1cccc(OCC(=O)NC2CCS(=O)(=O)C2)c1. The van der Waals surface area contributed by atoms with Gasteiger partial charge in [-0.1, -0.05) is 19.9 Å². The Labute approximate surface area is 141 Å². The molecular weight excluding hydrogens is 332 g/mol. The van der Waals surface area contributed by atoms with Crippen LogP contribution in [0, 0.1) is 5.92 Å². The maximum absolute atomic E-state index is 11.8. The van der Waals surface area contributed by atoms with Gasteiger partial charge in [-0.05, 0) is 18.6 Å². The Morgan fingerprint density at radius 2 is 2.08 bits per heavy atom. The minimum atomic E-state index is -3.03. The molecule has 1 fully saturated rings. The molecule has 1 unspecified atom stereocenters. The molecule has 0 radical (unpaired) electrons. The van der Waals surface area contributed by atoms with Crippen molar-refractivity contribution in [2.24, 2.45) is 5.92 Å². The number of hydrogen-bond acceptors (Lipinski definition) is 5. The van der Waals surface area contributed by atoms with E-state index in [-0.39, 0.29) is 41.9 Å². The Morgan fingerprint density at radius 3 is 2.71 bits per heavy atom. The molecule has 1 saturated heterocycles. The van der Waals surface area contributed by atoms with Gasteiger partial charge in [-0.3, -0.25) is 9.59 Å². The zero-order chi connectivity index (χ0) is 17.7. The molecule has 1 atom stereocenters. The van der Waals surface area contributed by atoms with Crippen molar-refractivity contribution in [3.05, 3.63) is 24.3 Å². The molecule has 0 aliphatic carbocycles. The van der Waals surface area contributed by atoms with E-state index in [1.54, 1.807) is 38.1 Å². The van der Waals surface area contributed by atoms with Crippen LogP contribution >= 0.6 is 0 Å². The first-order chi connectivity index (χ1) is 11.2. The van der Waals surface area contributed by atoms with Gasteiger partial charge >= 0.3 is 0 Å². The van der Waals surface area contributed by atoms with Crippen molar-refractivity contribution in [2.45, 2.75) is 26.3 Å². The highest BCUT2D eigenvalue weighted by Crippen LogP contribution is 2.18. The van der Waals surface area contributed by atoms with Crippen LogP contribution in [0.1, 0.15) is 20.3 Å². The average molecular weight is 354 g/mol. The summed E-state index contributed by atoms with van der Waals surface area (Å²) < 4.78 is 28.1. The highest BCUT2D eigenvalue weighted by molar-refractivity contribution is 7.91. The fraction of sp³-hybridized carbons (Fsp3) is 0.500. The molecule has 0 aromatic heterocycles. The summed E-state index contributed by atoms with van der Waals surface area (Å²) in [5, 5.41) is 5.40. The van der Waals surface area contributed by atoms with Gasteiger partial charge in [0.15, 0.2) is 16.4 Å². The fourth-order valence-electron chi connectivity index (χ4n) is 2.28. The van der Waals surface area contributed by atoms with Crippen molar-refractivity contribution in [1.82, 2.24) is 5.32 Å². The number of hydrogen-bond donors (Lipinski definition) is 2. The van der Waals surface area contributed by atoms with Crippen LogP contribution in [0.3, 0.4) is 0 Å². The Hall–Kier alpha value is -2.09. The third-order valence-corrected chi connectivity index (χ3v) is 5.36. The predicted molar refractivity (Wildman–Crippen MR) is 90.6 cm³/mol. The van der Waals surface area contributed by atoms with Gasteiger partial charge in [0.25, 0.3) is 5.91 Å². The van der Waals surface area contributed by atoms with Gasteiger partial charge in [-0.15, -0.1) is 0 Å². The van der Waals surface area contributed by atoms with Crippen LogP contribution in [0.15, 0.2) is 24.3 Å². The first-order valence-electron chi connectivity index (χ1n) is 7.79. The van der Waals surface area contributed by atoms with E-state index in [0.717, 1.165) is 0 Å². The second-order valence-electron chi connectivity index (χ2n) is 6.13. The highest BCUT2D eigenvalue weighted by atomic mass is 32.2. The molecule has 2 amide bonds. The number of carbonyl (C=O) groups is 2. The van der Waals surface area contributed by atoms with Crippen LogP contribution in [0.2, 0.25) is 0 Å². The lowest BCUT2D eigenvalue weighted by atomic mass is 10.2. The van der Waals surface area contributed by atoms with Crippen LogP contribution in [-0.2, 0) is 19.4 Å². The lowest BCUT2D eigenvalue weighted by Crippen LogP contribution is -2.38. The van der Waals surface area contributed by atoms with Crippen LogP contribution < -0.4 is 15.4 Å². The largest absolute Gasteiger partial charge is 0.484 e. The Bertz CT molecular complexity index is 715. The van der Waals surface area contributed by atoms with Crippen molar-refractivity contribution in [3.63, 3.8) is 0 Å². The van der Waals surface area contributed by atoms with Gasteiger partial charge in [0.05, 0.1) is 11.5 Å². The number of rotatable bonds is 6. The van der Waals surface area contributed by atoms with Crippen molar-refractivity contribution >= 4 is 27.3 Å². The smallest absolute Gasteiger partial charge is 0.258 e. The summed E-state index contributed by atoms with van der Waals surface area (Å²) in [5.41, 5.74) is 0.591. The lowest BCUT2D eigenvalue weighted by Gasteiger charge is -2.12. The zero-order valence-corrected chi connectivity index (χ0v) is 14.6. The van der Waals surface area contributed by atoms with E-state index in [9.17, 15) is 18.0 Å². The van der Waals surface area contributed by atoms with E-state index in [1.165, 1.54) is 0 Å². The number of carbonyl (C=O) groups excluding carboxylic acids is 2. The first kappa shape index (κ1) is 18.3. The first-order valence-corrected chi connectivity index (χ1v) is 9.61. The number of sulfone groups is 1. The molecule has 2 rings (SSSR count). The van der Waals surface area contributed by atoms with Gasteiger partial charge in [0.1, 0.15) is 5.75 Å². The summed E-state index contributed by atoms with van der Waals surface area (Å²) in [6, 6.07) is 6.41. The summed E-state index contributed by atoms with van der Waals surface area (Å²) in [5.74, 6) is -0.0684. The summed E-state index contributed by atoms with van der Waals surface area (Å²) >= 11 is 0. The molecule has 1 aliphatic heterocycles. The normalized spacial score (nSPS) is 19.0. The average Bonchev–Trinajstić information content (AvgIpc) is 2.84. The minimum absolute atomic E-state index is 0.0184. The molecule has 7 nitrogen and oxygen atoms in total. The molecule has 1 aliphatic rings. The molecule has 0 saturated carbocycles. The van der Waals surface area contributed by atoms with E-state index >= 15 is 0 Å². The summed E-state index contributed by atoms with van der Waals surface area (Å²) in [6.07, 6.45) is 0.435. The number of amides is 2. The third-order valence-electron chi connectivity index (χ3n) is 3.59. The van der Waals surface area contributed by atoms with Gasteiger partial charge in [-0.25, -0.2) is 8.42 Å². The van der Waals surface area contributed by atoms with Crippen LogP contribution in [0.5, 0.6) is 5.75 Å². The Balaban J connectivity index is 1.83. The maximum Gasteiger partial charge on any atom is 0.258 e. The quantitative estimate of drug-likeness (QED) is 0.792. The van der Waals surface area contributed by atoms with E-state index in [4.69, 9.17) is 4.74 Å². The maximum atomic E-state index is 11.8. The van der Waals surface area contributed by atoms with Gasteiger partial charge in [-0.2, -0.15) is 0 Å². The Morgan fingerprint density at radius 1 is 1.33 bits per heavy atom. The molecule has 24 heavy (non-hydrogen) atoms. The third kappa shape index (κ3) is 5.52. The monoisotopic (exact) mass is 354 g/mol. The van der Waals surface area contributed by atoms with Gasteiger partial charge in [0, 0.05) is 23.7 Å². The van der Waals surface area contributed by atoms with Crippen molar-refractivity contribution in [1.29, 1.82) is 0 Å². The standard InChI is InChI=1S/C16H22N2O5S/c1-11(2)16(20)18-12-4-3-5-14(8-12)23-9-15(19)17-13-6-7-24(21,22)10-13/h3-5,8,11,13H,6-7,9-10H2,1-2H3,(H,17,19)(H,18,20). The van der Waals surface area contributed by atoms with E-state index in [2.05, 4.69) is 10.6 Å². The van der Waals surface area contributed by atoms with Crippen molar-refractivity contribution in [2.75, 3.05) is 23.4 Å². The van der Waals surface area contributed by atoms with Crippen LogP contribution in [0.25, 0.3) is 0 Å². The lowest BCUT2D eigenvalue weighted by molar-refractivity contribution is -0.123. The van der Waals surface area contributed by atoms with Gasteiger partial charge in [0.2, 0.25) is 5.91 Å². The second-order valence-corrected chi connectivity index (χ2v) is 8.36. The summed E-state index contributed by atoms with van der Waals surface area (Å²) in [6.45, 7) is 3.38. The molecule has 0 bridgehead atoms. The van der Waals surface area contributed by atoms with Crippen LogP contribution in [-0.4, -0.2) is 44.4 Å². The number of benzene rings is 1. The van der Waals surface area contributed by atoms with Gasteiger partial charge < -0.3 is 15.4 Å². The predicted octanol–water partition coefficient (Wildman–Crippen LogP) is 0.963. The summed E-state index contributed by atoms with van der Waals surface area (Å²) in [4.78, 5) is 23.5. The van der Waals surface area contributed by atoms with E-state index < -0.39 is 9.84 Å². The molecule has 0 spiro atoms.